The molecule has 4 heterocycles. The lowest BCUT2D eigenvalue weighted by Gasteiger charge is -2.26. The number of nitriles is 1. The third-order valence-electron chi connectivity index (χ3n) is 8.53. The highest BCUT2D eigenvalue weighted by atomic mass is 32.1. The van der Waals surface area contributed by atoms with Crippen molar-refractivity contribution in [3.05, 3.63) is 65.0 Å². The Bertz CT molecular complexity index is 1760. The molecule has 12 heteroatoms. The van der Waals surface area contributed by atoms with E-state index in [1.165, 1.54) is 17.7 Å². The van der Waals surface area contributed by atoms with E-state index in [2.05, 4.69) is 35.5 Å². The van der Waals surface area contributed by atoms with Crippen molar-refractivity contribution in [1.29, 1.82) is 5.26 Å². The SMILES string of the molecule is COC[C@H](C)NCc1ccc2c(c1)nc(NC(=O)c1ccc(-c3cnco3)s1)n2C[C@H]1CCCN1C(=O)C(C#N)=CC1(C)CC1. The van der Waals surface area contributed by atoms with E-state index in [0.717, 1.165) is 47.2 Å². The van der Waals surface area contributed by atoms with Crippen LogP contribution in [0.5, 0.6) is 0 Å². The Hall–Kier alpha value is -4.31. The van der Waals surface area contributed by atoms with Crippen LogP contribution in [0.3, 0.4) is 0 Å². The molecule has 2 fully saturated rings. The van der Waals surface area contributed by atoms with Crippen molar-refractivity contribution in [3.8, 4) is 16.7 Å². The Morgan fingerprint density at radius 1 is 1.31 bits per heavy atom. The van der Waals surface area contributed by atoms with Gasteiger partial charge in [0.25, 0.3) is 11.8 Å². The van der Waals surface area contributed by atoms with Gasteiger partial charge >= 0.3 is 0 Å². The molecule has 0 spiro atoms. The van der Waals surface area contributed by atoms with Gasteiger partial charge in [-0.1, -0.05) is 19.1 Å². The quantitative estimate of drug-likeness (QED) is 0.158. The lowest BCUT2D eigenvalue weighted by molar-refractivity contribution is -0.127. The largest absolute Gasteiger partial charge is 0.443 e. The van der Waals surface area contributed by atoms with E-state index < -0.39 is 0 Å². The Morgan fingerprint density at radius 3 is 2.89 bits per heavy atom. The van der Waals surface area contributed by atoms with Crippen LogP contribution in [0.15, 0.2) is 59.0 Å². The number of thiophene rings is 1. The van der Waals surface area contributed by atoms with Gasteiger partial charge in [0, 0.05) is 32.8 Å². The summed E-state index contributed by atoms with van der Waals surface area (Å²) in [5.41, 5.74) is 2.81. The van der Waals surface area contributed by atoms with Gasteiger partial charge in [-0.2, -0.15) is 5.26 Å². The summed E-state index contributed by atoms with van der Waals surface area (Å²) in [5.74, 6) is 0.493. The van der Waals surface area contributed by atoms with Crippen molar-refractivity contribution in [2.24, 2.45) is 5.41 Å². The Balaban J connectivity index is 1.28. The van der Waals surface area contributed by atoms with E-state index in [0.29, 0.717) is 42.8 Å². The van der Waals surface area contributed by atoms with E-state index >= 15 is 0 Å². The first-order valence-electron chi connectivity index (χ1n) is 15.2. The first kappa shape index (κ1) is 30.7. The maximum Gasteiger partial charge on any atom is 0.268 e. The molecule has 2 N–H and O–H groups in total. The number of amides is 2. The van der Waals surface area contributed by atoms with Gasteiger partial charge in [0.2, 0.25) is 5.95 Å². The number of hydrogen-bond acceptors (Lipinski definition) is 9. The molecule has 45 heavy (non-hydrogen) atoms. The maximum absolute atomic E-state index is 13.6. The number of fused-ring (bicyclic) bond motifs is 1. The molecule has 0 radical (unpaired) electrons. The molecule has 2 amide bonds. The number of hydrogen-bond donors (Lipinski definition) is 2. The normalized spacial score (nSPS) is 18.2. The Kier molecular flexibility index (Phi) is 8.85. The van der Waals surface area contributed by atoms with Crippen LogP contribution in [0.4, 0.5) is 5.95 Å². The fraction of sp³-hybridized carbons (Fsp3) is 0.424. The number of nitrogens with one attached hydrogen (secondary N) is 2. The number of carbonyl (C=O) groups excluding carboxylic acids is 2. The zero-order chi connectivity index (χ0) is 31.6. The fourth-order valence-electron chi connectivity index (χ4n) is 5.75. The Labute approximate surface area is 265 Å². The first-order chi connectivity index (χ1) is 21.8. The summed E-state index contributed by atoms with van der Waals surface area (Å²) >= 11 is 1.31. The summed E-state index contributed by atoms with van der Waals surface area (Å²) in [6, 6.07) is 11.9. The number of methoxy groups -OCH3 is 1. The summed E-state index contributed by atoms with van der Waals surface area (Å²) in [5, 5.41) is 16.3. The molecule has 2 atom stereocenters. The third-order valence-corrected chi connectivity index (χ3v) is 9.63. The van der Waals surface area contributed by atoms with Gasteiger partial charge in [-0.05, 0) is 67.9 Å². The standard InChI is InChI=1S/C33H37N7O4S/c1-21(19-43-3)36-16-22-6-7-26-25(13-22)37-32(38-30(41)29-9-8-28(45-29)27-17-35-20-44-27)40(26)18-24-5-4-12-39(24)31(42)23(15-34)14-33(2)10-11-33/h6-9,13-14,17,20-21,24,36H,4-5,10-12,16,18-19H2,1-3H3,(H,37,38,41)/t21-,24+/m0/s1. The molecule has 0 unspecified atom stereocenters. The molecule has 234 valence electrons. The van der Waals surface area contributed by atoms with Crippen molar-refractivity contribution >= 4 is 40.1 Å². The van der Waals surface area contributed by atoms with Crippen molar-refractivity contribution in [3.63, 3.8) is 0 Å². The van der Waals surface area contributed by atoms with Gasteiger partial charge in [0.15, 0.2) is 12.2 Å². The second kappa shape index (κ2) is 13.0. The second-order valence-electron chi connectivity index (χ2n) is 12.2. The number of allylic oxidation sites excluding steroid dienone is 1. The van der Waals surface area contributed by atoms with E-state index in [-0.39, 0.29) is 34.9 Å². The Morgan fingerprint density at radius 2 is 2.16 bits per heavy atom. The van der Waals surface area contributed by atoms with Crippen LogP contribution < -0.4 is 10.6 Å². The third kappa shape index (κ3) is 6.86. The van der Waals surface area contributed by atoms with E-state index in [1.807, 2.05) is 39.8 Å². The molecule has 0 bridgehead atoms. The maximum atomic E-state index is 13.6. The lowest BCUT2D eigenvalue weighted by atomic mass is 10.0. The molecule has 3 aromatic heterocycles. The van der Waals surface area contributed by atoms with Crippen LogP contribution in [-0.4, -0.2) is 63.6 Å². The van der Waals surface area contributed by atoms with Crippen molar-refractivity contribution in [2.45, 2.75) is 64.7 Å². The van der Waals surface area contributed by atoms with E-state index in [9.17, 15) is 14.9 Å². The molecule has 1 saturated carbocycles. The first-order valence-corrected chi connectivity index (χ1v) is 16.0. The number of ether oxygens (including phenoxy) is 1. The number of nitrogens with zero attached hydrogens (tertiary/aromatic N) is 5. The average Bonchev–Trinajstić information content (AvgIpc) is 3.60. The molecule has 11 nitrogen and oxygen atoms in total. The van der Waals surface area contributed by atoms with Crippen LogP contribution in [0.2, 0.25) is 0 Å². The van der Waals surface area contributed by atoms with Crippen LogP contribution in [0.1, 0.15) is 54.8 Å². The minimum atomic E-state index is -0.288. The van der Waals surface area contributed by atoms with Crippen molar-refractivity contribution in [1.82, 2.24) is 24.8 Å². The molecular formula is C33H37N7O4S. The molecule has 1 aliphatic carbocycles. The lowest BCUT2D eigenvalue weighted by Crippen LogP contribution is -2.39. The fourth-order valence-corrected chi connectivity index (χ4v) is 6.60. The molecule has 1 saturated heterocycles. The molecular weight excluding hydrogens is 590 g/mol. The number of imidazole rings is 1. The zero-order valence-electron chi connectivity index (χ0n) is 25.7. The summed E-state index contributed by atoms with van der Waals surface area (Å²) in [4.78, 5) is 39.0. The second-order valence-corrected chi connectivity index (χ2v) is 13.3. The number of aromatic nitrogens is 3. The number of oxazole rings is 1. The monoisotopic (exact) mass is 627 g/mol. The topological polar surface area (TPSA) is 138 Å². The summed E-state index contributed by atoms with van der Waals surface area (Å²) in [6.45, 7) is 6.41. The summed E-state index contributed by atoms with van der Waals surface area (Å²) in [7, 11) is 1.68. The number of anilines is 1. The van der Waals surface area contributed by atoms with Gasteiger partial charge < -0.3 is 23.9 Å². The van der Waals surface area contributed by atoms with E-state index in [1.54, 1.807) is 19.4 Å². The molecule has 4 aromatic rings. The highest BCUT2D eigenvalue weighted by Gasteiger charge is 2.38. The number of carbonyl (C=O) groups is 2. The summed E-state index contributed by atoms with van der Waals surface area (Å²) in [6.07, 6.45) is 8.44. The van der Waals surface area contributed by atoms with Crippen LogP contribution >= 0.6 is 11.3 Å². The molecule has 1 aromatic carbocycles. The summed E-state index contributed by atoms with van der Waals surface area (Å²) < 4.78 is 12.6. The van der Waals surface area contributed by atoms with Gasteiger partial charge in [-0.15, -0.1) is 11.3 Å². The predicted molar refractivity (Wildman–Crippen MR) is 171 cm³/mol. The van der Waals surface area contributed by atoms with Gasteiger partial charge in [-0.3, -0.25) is 14.9 Å². The van der Waals surface area contributed by atoms with Crippen LogP contribution in [-0.2, 0) is 22.6 Å². The zero-order valence-corrected chi connectivity index (χ0v) is 26.5. The van der Waals surface area contributed by atoms with E-state index in [4.69, 9.17) is 14.1 Å². The number of rotatable bonds is 12. The van der Waals surface area contributed by atoms with Crippen LogP contribution in [0.25, 0.3) is 21.7 Å². The van der Waals surface area contributed by atoms with Crippen molar-refractivity contribution < 1.29 is 18.7 Å². The van der Waals surface area contributed by atoms with Crippen molar-refractivity contribution in [2.75, 3.05) is 25.6 Å². The highest BCUT2D eigenvalue weighted by molar-refractivity contribution is 7.17. The van der Waals surface area contributed by atoms with Gasteiger partial charge in [-0.25, -0.2) is 9.97 Å². The predicted octanol–water partition coefficient (Wildman–Crippen LogP) is 5.37. The number of benzene rings is 1. The molecule has 6 rings (SSSR count). The molecule has 1 aliphatic heterocycles. The highest BCUT2D eigenvalue weighted by Crippen LogP contribution is 2.47. The van der Waals surface area contributed by atoms with Gasteiger partial charge in [0.1, 0.15) is 11.6 Å². The average molecular weight is 628 g/mol. The number of likely N-dealkylation sites (tertiary alicyclic amines) is 1. The molecule has 2 aliphatic rings. The van der Waals surface area contributed by atoms with Crippen LogP contribution in [0, 0.1) is 16.7 Å². The smallest absolute Gasteiger partial charge is 0.268 e. The minimum absolute atomic E-state index is 0.0586. The van der Waals surface area contributed by atoms with Gasteiger partial charge in [0.05, 0.1) is 39.6 Å². The minimum Gasteiger partial charge on any atom is -0.443 e.